The van der Waals surface area contributed by atoms with Crippen molar-refractivity contribution in [1.82, 2.24) is 4.90 Å². The number of carboxylic acids is 1. The number of rotatable bonds is 7. The first-order valence-corrected chi connectivity index (χ1v) is 12.7. The average Bonchev–Trinajstić information content (AvgIpc) is 3.58. The molecule has 0 radical (unpaired) electrons. The van der Waals surface area contributed by atoms with Gasteiger partial charge in [-0.05, 0) is 61.9 Å². The van der Waals surface area contributed by atoms with Crippen molar-refractivity contribution in [2.24, 2.45) is 5.92 Å². The number of hydrogen-bond acceptors (Lipinski definition) is 4. The van der Waals surface area contributed by atoms with Crippen molar-refractivity contribution >= 4 is 23.7 Å². The number of fused-ring (bicyclic) bond motifs is 2. The van der Waals surface area contributed by atoms with Crippen LogP contribution in [0, 0.1) is 11.7 Å². The minimum absolute atomic E-state index is 0.0250. The first-order chi connectivity index (χ1) is 17.3. The number of hydrogen-bond donors (Lipinski definition) is 1. The van der Waals surface area contributed by atoms with E-state index in [1.807, 2.05) is 29.2 Å². The maximum atomic E-state index is 13.6. The van der Waals surface area contributed by atoms with Crippen LogP contribution in [0.1, 0.15) is 75.1 Å². The molecule has 2 saturated carbocycles. The Morgan fingerprint density at radius 3 is 2.47 bits per heavy atom. The van der Waals surface area contributed by atoms with Crippen LogP contribution in [0.3, 0.4) is 0 Å². The quantitative estimate of drug-likeness (QED) is 0.541. The predicted molar refractivity (Wildman–Crippen MR) is 131 cm³/mol. The van der Waals surface area contributed by atoms with Crippen LogP contribution in [-0.2, 0) is 14.3 Å². The van der Waals surface area contributed by atoms with E-state index in [1.54, 1.807) is 24.0 Å². The molecule has 36 heavy (non-hydrogen) atoms. The van der Waals surface area contributed by atoms with Gasteiger partial charge in [-0.1, -0.05) is 36.8 Å². The molecule has 3 aliphatic rings. The van der Waals surface area contributed by atoms with Crippen molar-refractivity contribution in [2.45, 2.75) is 76.1 Å². The SMILES string of the molecule is C[C@@H](OC(=O)N1c2ccccc2[C@H](N(C(=O)CCC(=O)O)C2CC2)[C@@H]2CCC[C@@H]21)c1ccc(F)cc1. The Morgan fingerprint density at radius 1 is 1.06 bits per heavy atom. The fourth-order valence-corrected chi connectivity index (χ4v) is 5.91. The number of anilines is 1. The minimum atomic E-state index is -0.980. The first-order valence-electron chi connectivity index (χ1n) is 12.7. The summed E-state index contributed by atoms with van der Waals surface area (Å²) in [6, 6.07) is 13.4. The highest BCUT2D eigenvalue weighted by Gasteiger charge is 2.51. The Balaban J connectivity index is 1.46. The average molecular weight is 495 g/mol. The summed E-state index contributed by atoms with van der Waals surface area (Å²) in [6.07, 6.45) is 3.21. The van der Waals surface area contributed by atoms with Gasteiger partial charge in [0.25, 0.3) is 0 Å². The molecule has 5 rings (SSSR count). The third-order valence-corrected chi connectivity index (χ3v) is 7.68. The molecule has 2 amide bonds. The number of carboxylic acid groups (broad SMARTS) is 1. The Bertz CT molecular complexity index is 1150. The molecule has 1 heterocycles. The maximum absolute atomic E-state index is 13.6. The number of nitrogens with zero attached hydrogens (tertiary/aromatic N) is 2. The zero-order valence-corrected chi connectivity index (χ0v) is 20.3. The monoisotopic (exact) mass is 494 g/mol. The van der Waals surface area contributed by atoms with Gasteiger partial charge < -0.3 is 14.7 Å². The van der Waals surface area contributed by atoms with Gasteiger partial charge in [-0.25, -0.2) is 9.18 Å². The summed E-state index contributed by atoms with van der Waals surface area (Å²) in [6.45, 7) is 1.77. The summed E-state index contributed by atoms with van der Waals surface area (Å²) in [5.41, 5.74) is 2.35. The van der Waals surface area contributed by atoms with Gasteiger partial charge in [0, 0.05) is 24.4 Å². The summed E-state index contributed by atoms with van der Waals surface area (Å²) < 4.78 is 19.2. The van der Waals surface area contributed by atoms with Gasteiger partial charge in [-0.2, -0.15) is 0 Å². The van der Waals surface area contributed by atoms with Crippen LogP contribution in [0.4, 0.5) is 14.9 Å². The highest BCUT2D eigenvalue weighted by atomic mass is 19.1. The van der Waals surface area contributed by atoms with E-state index < -0.39 is 18.2 Å². The second-order valence-electron chi connectivity index (χ2n) is 10.0. The number of amides is 2. The molecule has 0 saturated heterocycles. The molecule has 1 aliphatic heterocycles. The van der Waals surface area contributed by atoms with Gasteiger partial charge in [-0.3, -0.25) is 14.5 Å². The number of aliphatic carboxylic acids is 1. The van der Waals surface area contributed by atoms with Gasteiger partial charge >= 0.3 is 12.1 Å². The summed E-state index contributed by atoms with van der Waals surface area (Å²) >= 11 is 0. The van der Waals surface area contributed by atoms with Crippen LogP contribution in [0.15, 0.2) is 48.5 Å². The van der Waals surface area contributed by atoms with Crippen LogP contribution in [0.2, 0.25) is 0 Å². The first kappa shape index (κ1) is 24.3. The number of carbonyl (C=O) groups excluding carboxylic acids is 2. The van der Waals surface area contributed by atoms with Crippen molar-refractivity contribution in [3.8, 4) is 0 Å². The minimum Gasteiger partial charge on any atom is -0.481 e. The number of ether oxygens (including phenoxy) is 1. The Labute approximate surface area is 209 Å². The fourth-order valence-electron chi connectivity index (χ4n) is 5.91. The van der Waals surface area contributed by atoms with E-state index in [-0.39, 0.29) is 48.6 Å². The van der Waals surface area contributed by atoms with E-state index >= 15 is 0 Å². The van der Waals surface area contributed by atoms with Gasteiger partial charge in [0.05, 0.1) is 18.2 Å². The lowest BCUT2D eigenvalue weighted by molar-refractivity contribution is -0.142. The van der Waals surface area contributed by atoms with Crippen molar-refractivity contribution < 1.29 is 28.6 Å². The summed E-state index contributed by atoms with van der Waals surface area (Å²) in [5, 5.41) is 9.13. The van der Waals surface area contributed by atoms with Crippen LogP contribution >= 0.6 is 0 Å². The second kappa shape index (κ2) is 9.91. The molecule has 2 aromatic carbocycles. The standard InChI is InChI=1S/C28H31FN2O5/c1-17(18-9-11-19(29)12-10-18)36-28(35)31-23-7-3-2-5-21(23)27(22-6-4-8-24(22)31)30(20-13-14-20)25(32)15-16-26(33)34/h2-3,5,7,9-12,17,20,22,24,27H,4,6,8,13-16H2,1H3,(H,33,34)/t17-,22-,24+,27+/m1/s1. The normalized spacial score (nSPS) is 23.4. The van der Waals surface area contributed by atoms with Crippen molar-refractivity contribution in [3.05, 3.63) is 65.5 Å². The molecule has 2 fully saturated rings. The summed E-state index contributed by atoms with van der Waals surface area (Å²) in [7, 11) is 0. The lowest BCUT2D eigenvalue weighted by Gasteiger charge is -2.47. The number of para-hydroxylation sites is 1. The van der Waals surface area contributed by atoms with Crippen molar-refractivity contribution in [1.29, 1.82) is 0 Å². The molecule has 0 bridgehead atoms. The van der Waals surface area contributed by atoms with Crippen LogP contribution < -0.4 is 4.90 Å². The van der Waals surface area contributed by atoms with Crippen molar-refractivity contribution in [2.75, 3.05) is 4.90 Å². The van der Waals surface area contributed by atoms with E-state index in [0.717, 1.165) is 43.4 Å². The highest BCUT2D eigenvalue weighted by molar-refractivity contribution is 5.91. The molecule has 8 heteroatoms. The molecule has 2 aliphatic carbocycles. The second-order valence-corrected chi connectivity index (χ2v) is 10.0. The molecule has 2 aromatic rings. The van der Waals surface area contributed by atoms with E-state index in [4.69, 9.17) is 9.84 Å². The molecule has 0 spiro atoms. The van der Waals surface area contributed by atoms with Crippen LogP contribution in [0.25, 0.3) is 0 Å². The highest BCUT2D eigenvalue weighted by Crippen LogP contribution is 2.52. The molecule has 0 aromatic heterocycles. The van der Waals surface area contributed by atoms with E-state index in [0.29, 0.717) is 5.56 Å². The molecule has 190 valence electrons. The Kier molecular flexibility index (Phi) is 6.69. The topological polar surface area (TPSA) is 87.2 Å². The number of benzene rings is 2. The smallest absolute Gasteiger partial charge is 0.415 e. The van der Waals surface area contributed by atoms with Crippen LogP contribution in [-0.4, -0.2) is 40.1 Å². The number of halogens is 1. The lowest BCUT2D eigenvalue weighted by atomic mass is 9.81. The number of carbonyl (C=O) groups is 3. The largest absolute Gasteiger partial charge is 0.481 e. The molecule has 0 unspecified atom stereocenters. The van der Waals surface area contributed by atoms with Gasteiger partial charge in [0.2, 0.25) is 5.91 Å². The van der Waals surface area contributed by atoms with Gasteiger partial charge in [0.1, 0.15) is 11.9 Å². The lowest BCUT2D eigenvalue weighted by Crippen LogP contribution is -2.53. The van der Waals surface area contributed by atoms with Gasteiger partial charge in [0.15, 0.2) is 0 Å². The zero-order chi connectivity index (χ0) is 25.4. The molecular formula is C28H31FN2O5. The Morgan fingerprint density at radius 2 is 1.78 bits per heavy atom. The maximum Gasteiger partial charge on any atom is 0.415 e. The van der Waals surface area contributed by atoms with Gasteiger partial charge in [-0.15, -0.1) is 0 Å². The van der Waals surface area contributed by atoms with E-state index in [2.05, 4.69) is 0 Å². The fraction of sp³-hybridized carbons (Fsp3) is 0.464. The van der Waals surface area contributed by atoms with Crippen LogP contribution in [0.5, 0.6) is 0 Å². The zero-order valence-electron chi connectivity index (χ0n) is 20.3. The molecular weight excluding hydrogens is 463 g/mol. The summed E-state index contributed by atoms with van der Waals surface area (Å²) in [5.74, 6) is -1.42. The van der Waals surface area contributed by atoms with E-state index in [9.17, 15) is 18.8 Å². The molecule has 4 atom stereocenters. The molecule has 7 nitrogen and oxygen atoms in total. The predicted octanol–water partition coefficient (Wildman–Crippen LogP) is 5.61. The Hall–Kier alpha value is -3.42. The summed E-state index contributed by atoms with van der Waals surface area (Å²) in [4.78, 5) is 41.7. The van der Waals surface area contributed by atoms with E-state index in [1.165, 1.54) is 12.1 Å². The van der Waals surface area contributed by atoms with Crippen molar-refractivity contribution in [3.63, 3.8) is 0 Å². The third kappa shape index (κ3) is 4.68. The third-order valence-electron chi connectivity index (χ3n) is 7.68. The molecule has 1 N–H and O–H groups in total.